The van der Waals surface area contributed by atoms with Gasteiger partial charge in [0.25, 0.3) is 0 Å². The number of carbonyl (C=O) groups is 17. The molecule has 16 amide bonds. The largest absolute Gasteiger partial charge is 0.508 e. The smallest absolute Gasteiger partial charge is 0.326 e. The fourth-order valence-corrected chi connectivity index (χ4v) is 14.9. The molecule has 5 aromatic rings. The molecule has 0 aliphatic carbocycles. The van der Waals surface area contributed by atoms with Crippen LogP contribution in [0, 0.1) is 11.3 Å². The number of primary amides is 1. The first-order valence-corrected chi connectivity index (χ1v) is 46.1. The SMILES string of the molecule is CC[C@H](C)[C@H](NC(=O)[C@H](CCCCN)NC(=O)[C@H](CCC(N)=O)NC(=O)[C@H](Cc1ccc(O)cc1)NC(=O)[C@H](CS)NC(=O)[C@H](Cc1ccc(O)cc1)NC(=O)[C@H](CCCNC(=N)N)NC(=O)[C@H](CCN)NC(=O)[C@H](Cc1ccc(O)cc1)NC(=O)[C@H](C)NC(=O)[C@H](CO)NC(=O)[C@H](CS)NC(=O)[C@H](C)NC(=O)[C@H](Cc1cnc[nH]1)NC(=O)[C@@H](N)Cc1ccc(O)cc1)C(=O)N1CCC[C@H]1C(=O)O. The topological polar surface area (TPSA) is 778 Å². The Hall–Kier alpha value is -13.9. The summed E-state index contributed by atoms with van der Waals surface area (Å²) in [6.45, 7) is 4.70. The van der Waals surface area contributed by atoms with E-state index < -0.39 is 253 Å². The van der Waals surface area contributed by atoms with Gasteiger partial charge in [0, 0.05) is 68.6 Å². The summed E-state index contributed by atoms with van der Waals surface area (Å²) in [5, 5.41) is 106. The zero-order valence-corrected chi connectivity index (χ0v) is 78.6. The third-order valence-corrected chi connectivity index (χ3v) is 23.2. The van der Waals surface area contributed by atoms with Crippen molar-refractivity contribution in [2.24, 2.45) is 34.6 Å². The molecule has 754 valence electrons. The molecule has 1 fully saturated rings. The number of aliphatic carboxylic acids is 1. The molecule has 4 aromatic carbocycles. The third kappa shape index (κ3) is 37.3. The van der Waals surface area contributed by atoms with Crippen molar-refractivity contribution in [1.82, 2.24) is 94.6 Å². The highest BCUT2D eigenvalue weighted by molar-refractivity contribution is 7.80. The number of rotatable bonds is 58. The maximum atomic E-state index is 15.0. The highest BCUT2D eigenvalue weighted by atomic mass is 32.1. The van der Waals surface area contributed by atoms with Crippen LogP contribution in [0.15, 0.2) is 110 Å². The molecule has 1 aliphatic heterocycles. The number of aliphatic hydroxyl groups is 1. The molecule has 1 aromatic heterocycles. The molecule has 0 radical (unpaired) electrons. The number of hydrogen-bond acceptors (Lipinski definition) is 29. The minimum absolute atomic E-state index is 0.00947. The molecule has 138 heavy (non-hydrogen) atoms. The lowest BCUT2D eigenvalue weighted by molar-refractivity contribution is -0.150. The number of carboxylic acids is 1. The van der Waals surface area contributed by atoms with Gasteiger partial charge in [0.2, 0.25) is 94.5 Å². The number of aromatic nitrogens is 2. The van der Waals surface area contributed by atoms with E-state index in [2.05, 4.69) is 115 Å². The van der Waals surface area contributed by atoms with E-state index in [1.165, 1.54) is 116 Å². The van der Waals surface area contributed by atoms with Crippen molar-refractivity contribution in [3.8, 4) is 23.0 Å². The number of nitrogens with zero attached hydrogens (tertiary/aromatic N) is 2. The van der Waals surface area contributed by atoms with E-state index in [0.717, 1.165) is 0 Å². The summed E-state index contributed by atoms with van der Waals surface area (Å²) in [4.78, 5) is 247. The zero-order chi connectivity index (χ0) is 102. The van der Waals surface area contributed by atoms with Gasteiger partial charge in [-0.1, -0.05) is 68.8 Å². The summed E-state index contributed by atoms with van der Waals surface area (Å²) in [6.07, 6.45) is 1.28. The molecule has 1 aliphatic rings. The molecule has 33 N–H and O–H groups in total. The Balaban J connectivity index is 1.18. The fraction of sp³-hybridized carbons (Fsp3) is 0.494. The number of phenols is 4. The highest BCUT2D eigenvalue weighted by Gasteiger charge is 2.43. The lowest BCUT2D eigenvalue weighted by Gasteiger charge is -2.32. The molecule has 6 rings (SSSR count). The zero-order valence-electron chi connectivity index (χ0n) is 76.8. The van der Waals surface area contributed by atoms with Crippen LogP contribution in [0.2, 0.25) is 0 Å². The monoisotopic (exact) mass is 1960 g/mol. The number of imidazole rings is 1. The second kappa shape index (κ2) is 57.2. The molecule has 0 saturated carbocycles. The minimum Gasteiger partial charge on any atom is -0.508 e. The number of carbonyl (C=O) groups excluding carboxylic acids is 16. The van der Waals surface area contributed by atoms with E-state index in [9.17, 15) is 107 Å². The quantitative estimate of drug-likeness (QED) is 0.00745. The summed E-state index contributed by atoms with van der Waals surface area (Å²) in [5.41, 5.74) is 31.2. The van der Waals surface area contributed by atoms with Gasteiger partial charge in [0.05, 0.1) is 19.0 Å². The van der Waals surface area contributed by atoms with E-state index in [0.29, 0.717) is 47.2 Å². The predicted octanol–water partition coefficient (Wildman–Crippen LogP) is -6.12. The molecule has 49 heteroatoms. The number of amides is 16. The van der Waals surface area contributed by atoms with E-state index >= 15 is 4.79 Å². The number of aromatic hydroxyl groups is 4. The van der Waals surface area contributed by atoms with Crippen LogP contribution < -0.4 is 108 Å². The number of aromatic amines is 1. The van der Waals surface area contributed by atoms with Crippen LogP contribution in [-0.2, 0) is 114 Å². The van der Waals surface area contributed by atoms with Crippen LogP contribution in [0.5, 0.6) is 23.0 Å². The van der Waals surface area contributed by atoms with Crippen LogP contribution in [0.3, 0.4) is 0 Å². The van der Waals surface area contributed by atoms with Gasteiger partial charge >= 0.3 is 5.97 Å². The molecular weight excluding hydrogens is 1840 g/mol. The van der Waals surface area contributed by atoms with Gasteiger partial charge in [0.15, 0.2) is 5.96 Å². The number of benzene rings is 4. The Morgan fingerprint density at radius 3 is 1.20 bits per heavy atom. The van der Waals surface area contributed by atoms with Crippen molar-refractivity contribution >= 4 is 132 Å². The second-order valence-electron chi connectivity index (χ2n) is 33.3. The summed E-state index contributed by atoms with van der Waals surface area (Å²) in [7, 11) is 0. The van der Waals surface area contributed by atoms with E-state index in [-0.39, 0.29) is 107 Å². The van der Waals surface area contributed by atoms with E-state index in [1.54, 1.807) is 26.0 Å². The summed E-state index contributed by atoms with van der Waals surface area (Å²) >= 11 is 8.57. The number of aliphatic hydroxyl groups excluding tert-OH is 1. The lowest BCUT2D eigenvalue weighted by atomic mass is 9.96. The summed E-state index contributed by atoms with van der Waals surface area (Å²) < 4.78 is 0. The third-order valence-electron chi connectivity index (χ3n) is 22.5. The van der Waals surface area contributed by atoms with Crippen molar-refractivity contribution in [3.63, 3.8) is 0 Å². The van der Waals surface area contributed by atoms with Crippen LogP contribution in [0.25, 0.3) is 0 Å². The van der Waals surface area contributed by atoms with E-state index in [1.807, 2.05) is 0 Å². The second-order valence-corrected chi connectivity index (χ2v) is 34.0. The number of guanidine groups is 1. The van der Waals surface area contributed by atoms with Crippen molar-refractivity contribution in [2.75, 3.05) is 44.3 Å². The number of phenolic OH excluding ortho intramolecular Hbond substituents is 4. The Bertz CT molecular complexity index is 4960. The number of thiol groups is 2. The van der Waals surface area contributed by atoms with Crippen molar-refractivity contribution < 1.29 is 112 Å². The maximum absolute atomic E-state index is 15.0. The predicted molar refractivity (Wildman–Crippen MR) is 507 cm³/mol. The molecule has 0 unspecified atom stereocenters. The van der Waals surface area contributed by atoms with Gasteiger partial charge in [-0.05, 0) is 168 Å². The number of H-pyrrole nitrogens is 1. The number of unbranched alkanes of at least 4 members (excludes halogenated alkanes) is 1. The molecule has 17 atom stereocenters. The Morgan fingerprint density at radius 1 is 0.449 bits per heavy atom. The Morgan fingerprint density at radius 2 is 0.804 bits per heavy atom. The summed E-state index contributed by atoms with van der Waals surface area (Å²) in [5.74, 6) is -19.5. The first kappa shape index (κ1) is 113. The number of nitrogens with two attached hydrogens (primary N) is 5. The van der Waals surface area contributed by atoms with Gasteiger partial charge < -0.3 is 149 Å². The van der Waals surface area contributed by atoms with Crippen LogP contribution in [-0.4, -0.2) is 293 Å². The average Bonchev–Trinajstić information content (AvgIpc) is 1.62. The summed E-state index contributed by atoms with van der Waals surface area (Å²) in [6, 6.07) is -2.40. The average molecular weight is 1970 g/mol. The number of likely N-dealkylation sites (tertiary alicyclic amines) is 1. The lowest BCUT2D eigenvalue weighted by Crippen LogP contribution is -2.62. The van der Waals surface area contributed by atoms with Gasteiger partial charge in [-0.15, -0.1) is 0 Å². The first-order valence-electron chi connectivity index (χ1n) is 44.8. The molecular formula is C89H128N24O23S2. The number of carboxylic acid groups (broad SMARTS) is 1. The molecule has 0 spiro atoms. The standard InChI is InChI=1S/C89H128N24O23S2/c1-5-46(2)72(87(134)113-35-9-12-70(113)88(135)136)112-79(126)59(10-6-7-32-90)101-77(124)61(29-30-71(93)119)103-82(129)64(38-51-17-25-56(117)26-18-51)108-85(132)69(44-138)111-83(130)65(39-52-19-27-57(118)28-20-52)107-76(123)60(11-8-34-97-89(94)95)102-78(125)62(31-33-91)104-81(128)63(37-50-15-23-55(116)24-16-50)105-73(120)47(3)100-84(131)67(42-114)109-86(133)68(43-137)110-74(121)48(4)99-80(127)66(40-53-41-96-45-98-53)106-75(122)58(92)36-49-13-21-54(115)22-14-49/h13-28,41,45-48,58-70,72,114-118,137-138H,5-12,29-40,42-44,90-92H2,1-4H3,(H2,93,119)(H,96,98)(H,99,127)(H,100,131)(H,101,124)(H,102,125)(H,103,129)(H,104,128)(H,105,120)(H,106,122)(H,107,123)(H,108,132)(H,109,133)(H,110,121)(H,111,130)(H,112,126)(H,135,136)(H4,94,95,97)/t46-,47-,48-,58-,59-,60-,61-,62-,63-,64-,65-,66-,67-,68-,69-,70-,72-/m0/s1. The van der Waals surface area contributed by atoms with Crippen LogP contribution in [0.1, 0.15) is 126 Å². The number of hydrogen-bond donors (Lipinski definition) is 30. The van der Waals surface area contributed by atoms with Gasteiger partial charge in [-0.2, -0.15) is 25.3 Å². The van der Waals surface area contributed by atoms with Gasteiger partial charge in [-0.3, -0.25) is 82.1 Å². The van der Waals surface area contributed by atoms with Crippen LogP contribution in [0.4, 0.5) is 0 Å². The molecule has 2 heterocycles. The van der Waals surface area contributed by atoms with Crippen molar-refractivity contribution in [1.29, 1.82) is 5.41 Å². The van der Waals surface area contributed by atoms with Gasteiger partial charge in [-0.25, -0.2) is 9.78 Å². The Labute approximate surface area is 806 Å². The minimum atomic E-state index is -1.82. The molecule has 0 bridgehead atoms. The fourth-order valence-electron chi connectivity index (χ4n) is 14.4. The normalized spacial score (nSPS) is 15.7. The van der Waals surface area contributed by atoms with Gasteiger partial charge in [0.1, 0.15) is 114 Å². The maximum Gasteiger partial charge on any atom is 0.326 e. The van der Waals surface area contributed by atoms with Crippen molar-refractivity contribution in [2.45, 2.75) is 227 Å². The number of nitrogens with one attached hydrogen (secondary N) is 17. The molecule has 1 saturated heterocycles. The highest BCUT2D eigenvalue weighted by Crippen LogP contribution is 2.24. The first-order chi connectivity index (χ1) is 65.6. The van der Waals surface area contributed by atoms with Crippen molar-refractivity contribution in [3.05, 3.63) is 138 Å². The van der Waals surface area contributed by atoms with E-state index in [4.69, 9.17) is 34.1 Å². The Kier molecular flexibility index (Phi) is 46.8. The molecule has 47 nitrogen and oxygen atoms in total. The van der Waals surface area contributed by atoms with Crippen LogP contribution >= 0.6 is 25.3 Å².